The van der Waals surface area contributed by atoms with Crippen molar-refractivity contribution in [3.63, 3.8) is 0 Å². The lowest BCUT2D eigenvalue weighted by atomic mass is 9.92. The third-order valence-electron chi connectivity index (χ3n) is 4.30. The summed E-state index contributed by atoms with van der Waals surface area (Å²) in [5.41, 5.74) is 1.72. The highest BCUT2D eigenvalue weighted by atomic mass is 16.3. The molecule has 22 heavy (non-hydrogen) atoms. The number of aromatic hydroxyl groups is 1. The molecule has 5 heteroatoms. The number of hydrogen-bond donors (Lipinski definition) is 1. The fourth-order valence-corrected chi connectivity index (χ4v) is 2.74. The molecule has 0 unspecified atom stereocenters. The van der Waals surface area contributed by atoms with Gasteiger partial charge in [0, 0.05) is 37.8 Å². The molecule has 116 valence electrons. The number of phenolic OH excluding ortho intramolecular Hbond substituents is 1. The van der Waals surface area contributed by atoms with Gasteiger partial charge in [-0.2, -0.15) is 0 Å². The van der Waals surface area contributed by atoms with E-state index in [4.69, 9.17) is 0 Å². The Morgan fingerprint density at radius 2 is 1.73 bits per heavy atom. The number of nitrogens with zero attached hydrogens (tertiary/aromatic N) is 2. The zero-order chi connectivity index (χ0) is 15.5. The molecule has 5 nitrogen and oxygen atoms in total. The third-order valence-corrected chi connectivity index (χ3v) is 4.30. The Morgan fingerprint density at radius 3 is 2.32 bits per heavy atom. The third kappa shape index (κ3) is 3.13. The highest BCUT2D eigenvalue weighted by molar-refractivity contribution is 5.95. The lowest BCUT2D eigenvalue weighted by molar-refractivity contribution is -0.127. The molecule has 2 aliphatic rings. The summed E-state index contributed by atoms with van der Waals surface area (Å²) in [6, 6.07) is 6.37. The molecule has 1 aromatic rings. The van der Waals surface area contributed by atoms with Crippen molar-refractivity contribution in [2.75, 3.05) is 26.2 Å². The molecule has 1 aliphatic carbocycles. The standard InChI is InChI=1S/C17H20N2O3/c20-15-6-2-5-14(12-15)17(22)19-9-7-18(8-10-19)16(21)11-13-3-1-4-13/h2,5-6,11-12,20H,1,3-4,7-10H2. The first-order valence-corrected chi connectivity index (χ1v) is 7.70. The predicted molar refractivity (Wildman–Crippen MR) is 82.5 cm³/mol. The average molecular weight is 300 g/mol. The van der Waals surface area contributed by atoms with Crippen LogP contribution in [0.2, 0.25) is 0 Å². The van der Waals surface area contributed by atoms with E-state index in [0.717, 1.165) is 12.8 Å². The number of rotatable bonds is 2. The number of benzene rings is 1. The van der Waals surface area contributed by atoms with Crippen molar-refractivity contribution in [2.45, 2.75) is 19.3 Å². The van der Waals surface area contributed by atoms with Crippen molar-refractivity contribution >= 4 is 11.8 Å². The number of carbonyl (C=O) groups is 2. The minimum absolute atomic E-state index is 0.0687. The number of allylic oxidation sites excluding steroid dienone is 1. The van der Waals surface area contributed by atoms with Gasteiger partial charge in [-0.3, -0.25) is 9.59 Å². The van der Waals surface area contributed by atoms with Crippen LogP contribution in [0.15, 0.2) is 35.9 Å². The topological polar surface area (TPSA) is 60.9 Å². The number of piperazine rings is 1. The number of carbonyl (C=O) groups excluding carboxylic acids is 2. The van der Waals surface area contributed by atoms with Crippen LogP contribution in [0, 0.1) is 0 Å². The van der Waals surface area contributed by atoms with Gasteiger partial charge in [0.1, 0.15) is 5.75 Å². The van der Waals surface area contributed by atoms with Crippen LogP contribution < -0.4 is 0 Å². The summed E-state index contributed by atoms with van der Waals surface area (Å²) in [5.74, 6) is 0.0614. The Balaban J connectivity index is 1.57. The maximum absolute atomic E-state index is 12.4. The van der Waals surface area contributed by atoms with Gasteiger partial charge < -0.3 is 14.9 Å². The second-order valence-electron chi connectivity index (χ2n) is 5.82. The van der Waals surface area contributed by atoms with E-state index in [1.807, 2.05) is 0 Å². The smallest absolute Gasteiger partial charge is 0.254 e. The zero-order valence-electron chi connectivity index (χ0n) is 12.5. The second-order valence-corrected chi connectivity index (χ2v) is 5.82. The monoisotopic (exact) mass is 300 g/mol. The van der Waals surface area contributed by atoms with E-state index in [-0.39, 0.29) is 17.6 Å². The van der Waals surface area contributed by atoms with Crippen LogP contribution in [0.4, 0.5) is 0 Å². The summed E-state index contributed by atoms with van der Waals surface area (Å²) in [4.78, 5) is 28.0. The molecule has 0 spiro atoms. The minimum Gasteiger partial charge on any atom is -0.508 e. The van der Waals surface area contributed by atoms with Gasteiger partial charge in [0.2, 0.25) is 5.91 Å². The Bertz CT molecular complexity index is 610. The molecule has 1 heterocycles. The summed E-state index contributed by atoms with van der Waals surface area (Å²) < 4.78 is 0. The Hall–Kier alpha value is -2.30. The van der Waals surface area contributed by atoms with Crippen LogP contribution in [0.3, 0.4) is 0 Å². The van der Waals surface area contributed by atoms with Gasteiger partial charge in [0.15, 0.2) is 0 Å². The van der Waals surface area contributed by atoms with Crippen LogP contribution in [0.25, 0.3) is 0 Å². The lowest BCUT2D eigenvalue weighted by Crippen LogP contribution is -2.50. The van der Waals surface area contributed by atoms with Crippen molar-refractivity contribution < 1.29 is 14.7 Å². The first-order chi connectivity index (χ1) is 10.6. The highest BCUT2D eigenvalue weighted by Crippen LogP contribution is 2.25. The molecule has 0 aromatic heterocycles. The fraction of sp³-hybridized carbons (Fsp3) is 0.412. The maximum Gasteiger partial charge on any atom is 0.254 e. The van der Waals surface area contributed by atoms with Gasteiger partial charge in [0.25, 0.3) is 5.91 Å². The molecule has 0 radical (unpaired) electrons. The van der Waals surface area contributed by atoms with E-state index in [9.17, 15) is 14.7 Å². The van der Waals surface area contributed by atoms with Crippen molar-refractivity contribution in [3.05, 3.63) is 41.5 Å². The molecular formula is C17H20N2O3. The summed E-state index contributed by atoms with van der Waals surface area (Å²) >= 11 is 0. The van der Waals surface area contributed by atoms with E-state index < -0.39 is 0 Å². The number of hydrogen-bond acceptors (Lipinski definition) is 3. The molecule has 1 aliphatic heterocycles. The van der Waals surface area contributed by atoms with Crippen molar-refractivity contribution in [1.29, 1.82) is 0 Å². The first kappa shape index (κ1) is 14.6. The maximum atomic E-state index is 12.4. The van der Waals surface area contributed by atoms with Gasteiger partial charge in [-0.25, -0.2) is 0 Å². The van der Waals surface area contributed by atoms with Crippen molar-refractivity contribution in [3.8, 4) is 5.75 Å². The molecular weight excluding hydrogens is 280 g/mol. The molecule has 1 saturated heterocycles. The molecule has 2 fully saturated rings. The van der Waals surface area contributed by atoms with Gasteiger partial charge in [0.05, 0.1) is 0 Å². The van der Waals surface area contributed by atoms with E-state index in [1.54, 1.807) is 34.1 Å². The summed E-state index contributed by atoms with van der Waals surface area (Å²) in [5, 5.41) is 9.46. The molecule has 0 bridgehead atoms. The van der Waals surface area contributed by atoms with Crippen molar-refractivity contribution in [1.82, 2.24) is 9.80 Å². The van der Waals surface area contributed by atoms with Crippen molar-refractivity contribution in [2.24, 2.45) is 0 Å². The predicted octanol–water partition coefficient (Wildman–Crippen LogP) is 1.79. The quantitative estimate of drug-likeness (QED) is 0.847. The Kier molecular flexibility index (Phi) is 4.13. The van der Waals surface area contributed by atoms with E-state index in [0.29, 0.717) is 31.7 Å². The molecule has 2 amide bonds. The van der Waals surface area contributed by atoms with Crippen LogP contribution in [0.1, 0.15) is 29.6 Å². The van der Waals surface area contributed by atoms with Gasteiger partial charge in [-0.05, 0) is 37.5 Å². The van der Waals surface area contributed by atoms with Crippen LogP contribution in [-0.4, -0.2) is 52.9 Å². The first-order valence-electron chi connectivity index (χ1n) is 7.70. The normalized spacial score (nSPS) is 17.9. The van der Waals surface area contributed by atoms with E-state index in [2.05, 4.69) is 0 Å². The highest BCUT2D eigenvalue weighted by Gasteiger charge is 2.24. The summed E-state index contributed by atoms with van der Waals surface area (Å²) in [6.07, 6.45) is 5.03. The Labute approximate surface area is 129 Å². The molecule has 1 aromatic carbocycles. The summed E-state index contributed by atoms with van der Waals surface area (Å²) in [7, 11) is 0. The Morgan fingerprint density at radius 1 is 1.05 bits per heavy atom. The zero-order valence-corrected chi connectivity index (χ0v) is 12.5. The SMILES string of the molecule is O=C(C=C1CCC1)N1CCN(C(=O)c2cccc(O)c2)CC1. The van der Waals surface area contributed by atoms with E-state index in [1.165, 1.54) is 18.1 Å². The minimum atomic E-state index is -0.0969. The fourth-order valence-electron chi connectivity index (χ4n) is 2.74. The van der Waals surface area contributed by atoms with Crippen LogP contribution in [-0.2, 0) is 4.79 Å². The molecule has 1 saturated carbocycles. The number of amides is 2. The van der Waals surface area contributed by atoms with Gasteiger partial charge in [-0.15, -0.1) is 0 Å². The van der Waals surface area contributed by atoms with Gasteiger partial charge >= 0.3 is 0 Å². The van der Waals surface area contributed by atoms with Crippen LogP contribution >= 0.6 is 0 Å². The summed E-state index contributed by atoms with van der Waals surface area (Å²) in [6.45, 7) is 2.19. The largest absolute Gasteiger partial charge is 0.508 e. The molecule has 1 N–H and O–H groups in total. The van der Waals surface area contributed by atoms with Gasteiger partial charge in [-0.1, -0.05) is 11.6 Å². The second kappa shape index (κ2) is 6.22. The molecule has 0 atom stereocenters. The van der Waals surface area contributed by atoms with Crippen LogP contribution in [0.5, 0.6) is 5.75 Å². The molecule has 3 rings (SSSR count). The number of phenols is 1. The van der Waals surface area contributed by atoms with E-state index >= 15 is 0 Å². The average Bonchev–Trinajstić information content (AvgIpc) is 2.50. The lowest BCUT2D eigenvalue weighted by Gasteiger charge is -2.34.